The van der Waals surface area contributed by atoms with Crippen molar-refractivity contribution in [3.63, 3.8) is 0 Å². The highest BCUT2D eigenvalue weighted by Crippen LogP contribution is 2.02. The van der Waals surface area contributed by atoms with Crippen molar-refractivity contribution in [1.29, 1.82) is 0 Å². The molecule has 0 unspecified atom stereocenters. The second kappa shape index (κ2) is 3.63. The fourth-order valence-corrected chi connectivity index (χ4v) is 1.25. The number of rotatable bonds is 2. The van der Waals surface area contributed by atoms with E-state index in [4.69, 9.17) is 0 Å². The molecule has 1 heterocycles. The molecule has 64 valence electrons. The minimum Gasteiger partial charge on any atom is -0.329 e. The fraction of sp³-hybridized carbons (Fsp3) is 0.333. The quantitative estimate of drug-likeness (QED) is 0.504. The van der Waals surface area contributed by atoms with E-state index in [1.54, 1.807) is 12.4 Å². The maximum atomic E-state index is 4.51. The highest BCUT2D eigenvalue weighted by Gasteiger charge is 2.08. The summed E-state index contributed by atoms with van der Waals surface area (Å²) in [5.74, 6) is 0. The smallest absolute Gasteiger partial charge is 0.172 e. The molecule has 0 saturated heterocycles. The van der Waals surface area contributed by atoms with Crippen LogP contribution in [0.4, 0.5) is 0 Å². The zero-order valence-corrected chi connectivity index (χ0v) is 8.78. The van der Waals surface area contributed by atoms with Crippen molar-refractivity contribution in [2.45, 2.75) is 19.6 Å². The first-order chi connectivity index (χ1) is 5.58. The van der Waals surface area contributed by atoms with Crippen molar-refractivity contribution in [3.05, 3.63) is 30.1 Å². The Hall–Kier alpha value is -0.963. The zero-order chi connectivity index (χ0) is 9.03. The van der Waals surface area contributed by atoms with E-state index < -0.39 is 8.24 Å². The van der Waals surface area contributed by atoms with Crippen LogP contribution in [0.2, 0.25) is 19.6 Å². The summed E-state index contributed by atoms with van der Waals surface area (Å²) in [5, 5.41) is 0. The van der Waals surface area contributed by atoms with E-state index in [1.807, 2.05) is 18.3 Å². The molecular weight excluding hydrogens is 164 g/mol. The van der Waals surface area contributed by atoms with Gasteiger partial charge in [0.15, 0.2) is 8.24 Å². The summed E-state index contributed by atoms with van der Waals surface area (Å²) >= 11 is 0. The van der Waals surface area contributed by atoms with E-state index in [2.05, 4.69) is 29.3 Å². The van der Waals surface area contributed by atoms with Gasteiger partial charge >= 0.3 is 0 Å². The molecule has 12 heavy (non-hydrogen) atoms. The van der Waals surface area contributed by atoms with Crippen LogP contribution in [0.3, 0.4) is 0 Å². The summed E-state index contributed by atoms with van der Waals surface area (Å²) in [6, 6.07) is 3.92. The number of hydrogen-bond acceptors (Lipinski definition) is 2. The molecule has 0 fully saturated rings. The molecule has 0 atom stereocenters. The molecule has 0 bridgehead atoms. The predicted molar refractivity (Wildman–Crippen MR) is 55.2 cm³/mol. The maximum absolute atomic E-state index is 4.51. The van der Waals surface area contributed by atoms with E-state index in [-0.39, 0.29) is 0 Å². The molecule has 0 amide bonds. The van der Waals surface area contributed by atoms with E-state index in [9.17, 15) is 0 Å². The second-order valence-electron chi connectivity index (χ2n) is 3.71. The summed E-state index contributed by atoms with van der Waals surface area (Å²) in [7, 11) is -1.29. The Labute approximate surface area is 74.5 Å². The molecule has 1 aromatic rings. The van der Waals surface area contributed by atoms with Gasteiger partial charge in [-0.05, 0) is 37.3 Å². The maximum Gasteiger partial charge on any atom is 0.172 e. The average molecular weight is 178 g/mol. The van der Waals surface area contributed by atoms with Crippen molar-refractivity contribution >= 4 is 14.5 Å². The molecule has 0 aromatic carbocycles. The third-order valence-corrected chi connectivity index (χ3v) is 2.21. The van der Waals surface area contributed by atoms with Gasteiger partial charge in [-0.1, -0.05) is 0 Å². The Kier molecular flexibility index (Phi) is 2.76. The van der Waals surface area contributed by atoms with Crippen LogP contribution in [0.5, 0.6) is 0 Å². The summed E-state index contributed by atoms with van der Waals surface area (Å²) in [6.45, 7) is 6.64. The Morgan fingerprint density at radius 3 is 2.33 bits per heavy atom. The monoisotopic (exact) mass is 178 g/mol. The number of pyridine rings is 1. The lowest BCUT2D eigenvalue weighted by atomic mass is 10.3. The average Bonchev–Trinajstić information content (AvgIpc) is 2.02. The second-order valence-corrected chi connectivity index (χ2v) is 8.31. The number of hydrogen-bond donors (Lipinski definition) is 0. The molecule has 0 aliphatic carbocycles. The van der Waals surface area contributed by atoms with Crippen LogP contribution >= 0.6 is 0 Å². The van der Waals surface area contributed by atoms with Gasteiger partial charge in [-0.15, -0.1) is 0 Å². The van der Waals surface area contributed by atoms with Gasteiger partial charge in [0.25, 0.3) is 0 Å². The zero-order valence-electron chi connectivity index (χ0n) is 7.78. The molecule has 2 nitrogen and oxygen atoms in total. The van der Waals surface area contributed by atoms with Gasteiger partial charge in [-0.2, -0.15) is 0 Å². The van der Waals surface area contributed by atoms with Gasteiger partial charge in [0, 0.05) is 18.6 Å². The summed E-state index contributed by atoms with van der Waals surface area (Å²) in [6.07, 6.45) is 5.50. The van der Waals surface area contributed by atoms with Crippen LogP contribution in [0, 0.1) is 0 Å². The molecule has 0 aliphatic rings. The van der Waals surface area contributed by atoms with E-state index in [0.717, 1.165) is 5.56 Å². The fourth-order valence-electron chi connectivity index (χ4n) is 0.718. The first-order valence-corrected chi connectivity index (χ1v) is 7.48. The van der Waals surface area contributed by atoms with Crippen LogP contribution < -0.4 is 0 Å². The highest BCUT2D eigenvalue weighted by molar-refractivity contribution is 6.75. The minimum absolute atomic E-state index is 1.13. The normalized spacial score (nSPS) is 12.2. The van der Waals surface area contributed by atoms with E-state index in [0.29, 0.717) is 0 Å². The van der Waals surface area contributed by atoms with E-state index >= 15 is 0 Å². The van der Waals surface area contributed by atoms with Crippen LogP contribution in [0.15, 0.2) is 29.2 Å². The Bertz CT molecular complexity index is 262. The van der Waals surface area contributed by atoms with Crippen molar-refractivity contribution < 1.29 is 0 Å². The van der Waals surface area contributed by atoms with Gasteiger partial charge in [0.2, 0.25) is 0 Å². The first-order valence-electron chi connectivity index (χ1n) is 4.03. The van der Waals surface area contributed by atoms with Gasteiger partial charge in [0.05, 0.1) is 0 Å². The molecule has 0 N–H and O–H groups in total. The SMILES string of the molecule is C[Si](C)(C)N=Cc1ccncc1. The van der Waals surface area contributed by atoms with Gasteiger partial charge in [0.1, 0.15) is 0 Å². The first kappa shape index (κ1) is 9.13. The third kappa shape index (κ3) is 3.43. The number of nitrogens with zero attached hydrogens (tertiary/aromatic N) is 2. The molecule has 0 spiro atoms. The standard InChI is InChI=1S/C9H14N2Si/c1-12(2,3)11-8-9-4-6-10-7-5-9/h4-8H,1-3H3. The molecule has 0 saturated carbocycles. The molecular formula is C9H14N2Si. The molecule has 0 radical (unpaired) electrons. The Balaban J connectivity index is 2.71. The lowest BCUT2D eigenvalue weighted by Crippen LogP contribution is -2.16. The molecule has 1 aromatic heterocycles. The molecule has 1 rings (SSSR count). The minimum atomic E-state index is -1.29. The van der Waals surface area contributed by atoms with Crippen molar-refractivity contribution in [3.8, 4) is 0 Å². The van der Waals surface area contributed by atoms with Gasteiger partial charge < -0.3 is 4.66 Å². The van der Waals surface area contributed by atoms with Crippen LogP contribution in [-0.4, -0.2) is 19.4 Å². The highest BCUT2D eigenvalue weighted by atomic mass is 28.3. The van der Waals surface area contributed by atoms with Crippen LogP contribution in [-0.2, 0) is 0 Å². The largest absolute Gasteiger partial charge is 0.329 e. The molecule has 3 heteroatoms. The Morgan fingerprint density at radius 2 is 1.83 bits per heavy atom. The predicted octanol–water partition coefficient (Wildman–Crippen LogP) is 2.34. The summed E-state index contributed by atoms with van der Waals surface area (Å²) in [4.78, 5) is 3.94. The summed E-state index contributed by atoms with van der Waals surface area (Å²) < 4.78 is 4.51. The van der Waals surface area contributed by atoms with Crippen molar-refractivity contribution in [2.75, 3.05) is 0 Å². The lowest BCUT2D eigenvalue weighted by molar-refractivity contribution is 1.32. The Morgan fingerprint density at radius 1 is 1.25 bits per heavy atom. The third-order valence-electron chi connectivity index (χ3n) is 1.31. The van der Waals surface area contributed by atoms with Gasteiger partial charge in [-0.25, -0.2) is 0 Å². The van der Waals surface area contributed by atoms with E-state index in [1.165, 1.54) is 0 Å². The van der Waals surface area contributed by atoms with Crippen molar-refractivity contribution in [1.82, 2.24) is 4.98 Å². The summed E-state index contributed by atoms with van der Waals surface area (Å²) in [5.41, 5.74) is 1.13. The number of aromatic nitrogens is 1. The topological polar surface area (TPSA) is 25.2 Å². The van der Waals surface area contributed by atoms with Gasteiger partial charge in [-0.3, -0.25) is 4.98 Å². The van der Waals surface area contributed by atoms with Crippen LogP contribution in [0.25, 0.3) is 0 Å². The van der Waals surface area contributed by atoms with Crippen molar-refractivity contribution in [2.24, 2.45) is 4.66 Å². The van der Waals surface area contributed by atoms with Crippen LogP contribution in [0.1, 0.15) is 5.56 Å². The molecule has 0 aliphatic heterocycles. The lowest BCUT2D eigenvalue weighted by Gasteiger charge is -2.06.